The van der Waals surface area contributed by atoms with E-state index in [2.05, 4.69) is 27.6 Å². The molecule has 0 atom stereocenters. The number of rotatable bonds is 10. The van der Waals surface area contributed by atoms with Crippen molar-refractivity contribution < 1.29 is 14.3 Å². The Balaban J connectivity index is 1.42. The number of nitrogens with zero attached hydrogens (tertiary/aromatic N) is 3. The van der Waals surface area contributed by atoms with Crippen LogP contribution in [0.25, 0.3) is 16.8 Å². The third-order valence-corrected chi connectivity index (χ3v) is 6.56. The maximum Gasteiger partial charge on any atom is 0.230 e. The minimum Gasteiger partial charge on any atom is -0.495 e. The molecule has 35 heavy (non-hydrogen) atoms. The molecule has 0 radical (unpaired) electrons. The molecule has 8 heteroatoms. The number of carbonyl (C=O) groups excluding carboxylic acids is 1. The molecule has 0 spiro atoms. The minimum absolute atomic E-state index is 0.00154. The Labute approximate surface area is 208 Å². The molecule has 1 aliphatic rings. The zero-order valence-electron chi connectivity index (χ0n) is 19.4. The van der Waals surface area contributed by atoms with E-state index in [0.29, 0.717) is 22.8 Å². The molecule has 7 nitrogen and oxygen atoms in total. The quantitative estimate of drug-likeness (QED) is 0.322. The van der Waals surface area contributed by atoms with E-state index in [0.717, 1.165) is 35.4 Å². The van der Waals surface area contributed by atoms with Gasteiger partial charge < -0.3 is 14.8 Å². The Bertz CT molecular complexity index is 1300. The minimum atomic E-state index is 0.00154. The Kier molecular flexibility index (Phi) is 6.99. The third-order valence-electron chi connectivity index (χ3n) is 5.63. The molecule has 1 aliphatic carbocycles. The first-order chi connectivity index (χ1) is 17.2. The summed E-state index contributed by atoms with van der Waals surface area (Å²) in [4.78, 5) is 12.3. The van der Waals surface area contributed by atoms with Crippen LogP contribution in [0.2, 0.25) is 0 Å². The van der Waals surface area contributed by atoms with Gasteiger partial charge in [-0.3, -0.25) is 9.36 Å². The van der Waals surface area contributed by atoms with Gasteiger partial charge in [-0.15, -0.1) is 10.2 Å². The van der Waals surface area contributed by atoms with Crippen molar-refractivity contribution in [1.29, 1.82) is 0 Å². The highest BCUT2D eigenvalue weighted by atomic mass is 32.2. The van der Waals surface area contributed by atoms with Crippen LogP contribution >= 0.6 is 11.8 Å². The van der Waals surface area contributed by atoms with E-state index in [4.69, 9.17) is 9.47 Å². The highest BCUT2D eigenvalue weighted by Gasteiger charge is 2.24. The number of para-hydroxylation sites is 3. The first-order valence-corrected chi connectivity index (χ1v) is 12.5. The molecular weight excluding hydrogens is 460 g/mol. The zero-order chi connectivity index (χ0) is 24.0. The molecule has 5 rings (SSSR count). The van der Waals surface area contributed by atoms with Crippen LogP contribution in [-0.4, -0.2) is 39.6 Å². The fourth-order valence-corrected chi connectivity index (χ4v) is 4.54. The molecular formula is C27H26N4O3S. The molecule has 0 aliphatic heterocycles. The van der Waals surface area contributed by atoms with Crippen molar-refractivity contribution in [2.24, 2.45) is 0 Å². The smallest absolute Gasteiger partial charge is 0.230 e. The second-order valence-electron chi connectivity index (χ2n) is 8.19. The second kappa shape index (κ2) is 10.7. The summed E-state index contributed by atoms with van der Waals surface area (Å²) < 4.78 is 13.8. The summed E-state index contributed by atoms with van der Waals surface area (Å²) in [5.41, 5.74) is 2.87. The Hall–Kier alpha value is -3.78. The molecule has 1 heterocycles. The number of nitrogens with one attached hydrogen (secondary N) is 1. The number of thioether (sulfide) groups is 1. The van der Waals surface area contributed by atoms with E-state index < -0.39 is 0 Å². The van der Waals surface area contributed by atoms with Crippen LogP contribution in [0.1, 0.15) is 18.7 Å². The van der Waals surface area contributed by atoms with Crippen LogP contribution in [0.15, 0.2) is 84.0 Å². The number of methoxy groups -OCH3 is 1. The van der Waals surface area contributed by atoms with Gasteiger partial charge in [-0.05, 0) is 36.6 Å². The summed E-state index contributed by atoms with van der Waals surface area (Å²) in [6.45, 7) is 0.198. The molecule has 1 aromatic heterocycles. The molecule has 0 saturated heterocycles. The van der Waals surface area contributed by atoms with Gasteiger partial charge in [0.15, 0.2) is 11.0 Å². The van der Waals surface area contributed by atoms with Gasteiger partial charge in [-0.1, -0.05) is 72.4 Å². The average molecular weight is 487 g/mol. The highest BCUT2D eigenvalue weighted by Crippen LogP contribution is 2.32. The van der Waals surface area contributed by atoms with Crippen molar-refractivity contribution in [3.05, 3.63) is 84.7 Å². The standard InChI is InChI=1S/C27H26N4O3S/c1-33-24-14-8-6-12-22(24)31-25(29-30-27(31)35-18-26(32)28-20-15-16-20)17-34-23-13-7-5-11-21(23)19-9-3-2-4-10-19/h2-14,20H,15-18H2,1H3,(H,28,32). The molecule has 1 fully saturated rings. The van der Waals surface area contributed by atoms with Gasteiger partial charge in [-0.25, -0.2) is 0 Å². The summed E-state index contributed by atoms with van der Waals surface area (Å²) >= 11 is 1.35. The second-order valence-corrected chi connectivity index (χ2v) is 9.13. The summed E-state index contributed by atoms with van der Waals surface area (Å²) in [7, 11) is 1.63. The number of hydrogen-bond acceptors (Lipinski definition) is 6. The fraction of sp³-hybridized carbons (Fsp3) is 0.222. The van der Waals surface area contributed by atoms with Crippen molar-refractivity contribution in [1.82, 2.24) is 20.1 Å². The van der Waals surface area contributed by atoms with Crippen LogP contribution in [0.4, 0.5) is 0 Å². The largest absolute Gasteiger partial charge is 0.495 e. The number of benzene rings is 3. The molecule has 0 bridgehead atoms. The number of hydrogen-bond donors (Lipinski definition) is 1. The van der Waals surface area contributed by atoms with Crippen molar-refractivity contribution >= 4 is 17.7 Å². The lowest BCUT2D eigenvalue weighted by Crippen LogP contribution is -2.27. The lowest BCUT2D eigenvalue weighted by atomic mass is 10.1. The predicted molar refractivity (Wildman–Crippen MR) is 136 cm³/mol. The van der Waals surface area contributed by atoms with Crippen LogP contribution < -0.4 is 14.8 Å². The van der Waals surface area contributed by atoms with Gasteiger partial charge in [0.2, 0.25) is 5.91 Å². The van der Waals surface area contributed by atoms with Crippen LogP contribution in [0.3, 0.4) is 0 Å². The van der Waals surface area contributed by atoms with E-state index >= 15 is 0 Å². The molecule has 0 unspecified atom stereocenters. The van der Waals surface area contributed by atoms with Gasteiger partial charge in [-0.2, -0.15) is 0 Å². The molecule has 1 amide bonds. The average Bonchev–Trinajstić information content (AvgIpc) is 3.63. The van der Waals surface area contributed by atoms with Crippen molar-refractivity contribution in [3.8, 4) is 28.3 Å². The predicted octanol–water partition coefficient (Wildman–Crippen LogP) is 4.89. The van der Waals surface area contributed by atoms with Crippen molar-refractivity contribution in [2.75, 3.05) is 12.9 Å². The monoisotopic (exact) mass is 486 g/mol. The van der Waals surface area contributed by atoms with Crippen molar-refractivity contribution in [2.45, 2.75) is 30.6 Å². The molecule has 4 aromatic rings. The summed E-state index contributed by atoms with van der Waals surface area (Å²) in [5, 5.41) is 12.4. The Morgan fingerprint density at radius 2 is 1.69 bits per heavy atom. The van der Waals surface area contributed by atoms with E-state index in [1.807, 2.05) is 71.3 Å². The third kappa shape index (κ3) is 5.49. The SMILES string of the molecule is COc1ccccc1-n1c(COc2ccccc2-c2ccccc2)nnc1SCC(=O)NC1CC1. The van der Waals surface area contributed by atoms with E-state index in [1.165, 1.54) is 11.8 Å². The molecule has 1 N–H and O–H groups in total. The maximum atomic E-state index is 12.3. The molecule has 1 saturated carbocycles. The highest BCUT2D eigenvalue weighted by molar-refractivity contribution is 7.99. The van der Waals surface area contributed by atoms with Gasteiger partial charge >= 0.3 is 0 Å². The summed E-state index contributed by atoms with van der Waals surface area (Å²) in [6, 6.07) is 26.0. The topological polar surface area (TPSA) is 78.3 Å². The number of carbonyl (C=O) groups is 1. The van der Waals surface area contributed by atoms with E-state index in [-0.39, 0.29) is 18.3 Å². The first kappa shape index (κ1) is 23.0. The molecule has 3 aromatic carbocycles. The fourth-order valence-electron chi connectivity index (χ4n) is 3.76. The number of aromatic nitrogens is 3. The van der Waals surface area contributed by atoms with Gasteiger partial charge in [0.1, 0.15) is 18.1 Å². The number of amides is 1. The van der Waals surface area contributed by atoms with Crippen molar-refractivity contribution in [3.63, 3.8) is 0 Å². The lowest BCUT2D eigenvalue weighted by Gasteiger charge is -2.15. The Morgan fingerprint density at radius 1 is 0.971 bits per heavy atom. The van der Waals surface area contributed by atoms with Gasteiger partial charge in [0.25, 0.3) is 0 Å². The normalized spacial score (nSPS) is 12.8. The van der Waals surface area contributed by atoms with Crippen LogP contribution in [-0.2, 0) is 11.4 Å². The molecule has 178 valence electrons. The van der Waals surface area contributed by atoms with Crippen LogP contribution in [0, 0.1) is 0 Å². The first-order valence-electron chi connectivity index (χ1n) is 11.5. The zero-order valence-corrected chi connectivity index (χ0v) is 20.2. The maximum absolute atomic E-state index is 12.3. The lowest BCUT2D eigenvalue weighted by molar-refractivity contribution is -0.118. The summed E-state index contributed by atoms with van der Waals surface area (Å²) in [5.74, 6) is 2.32. The van der Waals surface area contributed by atoms with Gasteiger partial charge in [0, 0.05) is 11.6 Å². The van der Waals surface area contributed by atoms with Crippen LogP contribution in [0.5, 0.6) is 11.5 Å². The van der Waals surface area contributed by atoms with E-state index in [9.17, 15) is 4.79 Å². The number of ether oxygens (including phenoxy) is 2. The summed E-state index contributed by atoms with van der Waals surface area (Å²) in [6.07, 6.45) is 2.11. The Morgan fingerprint density at radius 3 is 2.46 bits per heavy atom. The van der Waals surface area contributed by atoms with E-state index in [1.54, 1.807) is 7.11 Å². The van der Waals surface area contributed by atoms with Gasteiger partial charge in [0.05, 0.1) is 18.6 Å².